The average Bonchev–Trinajstić information content (AvgIpc) is 0.854. The number of phenols is 13. The zero-order valence-electron chi connectivity index (χ0n) is 66.2. The van der Waals surface area contributed by atoms with Crippen LogP contribution in [0.1, 0.15) is 168 Å². The van der Waals surface area contributed by atoms with Crippen LogP contribution in [-0.2, 0) is 6.18 Å². The highest BCUT2D eigenvalue weighted by Gasteiger charge is 2.31. The Hall–Kier alpha value is -12.2. The predicted octanol–water partition coefficient (Wildman–Crippen LogP) is 26.3. The maximum Gasteiger partial charge on any atom is 0.416 e. The fourth-order valence-corrected chi connectivity index (χ4v) is 9.70. The van der Waals surface area contributed by atoms with Gasteiger partial charge in [0.2, 0.25) is 0 Å². The van der Waals surface area contributed by atoms with Gasteiger partial charge in [-0.1, -0.05) is 292 Å². The third kappa shape index (κ3) is 32.9. The highest BCUT2D eigenvalue weighted by Crippen LogP contribution is 2.39. The molecule has 0 saturated heterocycles. The molecule has 12 rings (SSSR count). The van der Waals surface area contributed by atoms with Crippen molar-refractivity contribution in [3.8, 4) is 119 Å². The first-order chi connectivity index (χ1) is 52.4. The fourth-order valence-electron chi connectivity index (χ4n) is 9.70. The number of alkyl halides is 3. The van der Waals surface area contributed by atoms with Gasteiger partial charge in [0.15, 0.2) is 11.5 Å². The summed E-state index contributed by atoms with van der Waals surface area (Å²) in [5.41, 5.74) is 9.14. The normalized spacial score (nSPS) is 9.89. The van der Waals surface area contributed by atoms with Crippen LogP contribution in [0.25, 0.3) is 44.5 Å². The molecule has 110 heavy (non-hydrogen) atoms. The van der Waals surface area contributed by atoms with Crippen LogP contribution in [0.2, 0.25) is 0 Å². The van der Waals surface area contributed by atoms with Gasteiger partial charge < -0.3 is 66.4 Å². The van der Waals surface area contributed by atoms with Gasteiger partial charge in [-0.3, -0.25) is 0 Å². The average molecular weight is 1510 g/mol. The third-order valence-electron chi connectivity index (χ3n) is 15.3. The number of hydrogen-bond acceptors (Lipinski definition) is 13. The summed E-state index contributed by atoms with van der Waals surface area (Å²) in [5.74, 6) is 3.23. The van der Waals surface area contributed by atoms with E-state index in [4.69, 9.17) is 20.4 Å². The van der Waals surface area contributed by atoms with Crippen molar-refractivity contribution in [2.24, 2.45) is 0 Å². The summed E-state index contributed by atoms with van der Waals surface area (Å²) in [7, 11) is 0. The minimum absolute atomic E-state index is 0.0452. The zero-order valence-corrected chi connectivity index (χ0v) is 66.2. The first-order valence-electron chi connectivity index (χ1n) is 36.6. The molecule has 0 aliphatic rings. The first kappa shape index (κ1) is 95.8. The Kier molecular flexibility index (Phi) is 44.6. The minimum Gasteiger partial charge on any atom is -0.508 e. The van der Waals surface area contributed by atoms with E-state index in [0.29, 0.717) is 67.7 Å². The van der Waals surface area contributed by atoms with Crippen molar-refractivity contribution in [2.75, 3.05) is 0 Å². The quantitative estimate of drug-likeness (QED) is 0.0632. The molecule has 0 saturated carbocycles. The van der Waals surface area contributed by atoms with Crippen molar-refractivity contribution in [1.29, 1.82) is 0 Å². The lowest BCUT2D eigenvalue weighted by atomic mass is 9.98. The second kappa shape index (κ2) is 51.2. The van der Waals surface area contributed by atoms with Crippen LogP contribution in [-0.4, -0.2) is 66.4 Å². The van der Waals surface area contributed by atoms with E-state index in [9.17, 15) is 59.1 Å². The molecule has 0 fully saturated rings. The molecule has 588 valence electrons. The lowest BCUT2D eigenvalue weighted by molar-refractivity contribution is -0.137. The summed E-state index contributed by atoms with van der Waals surface area (Å²) in [6.45, 7) is 33.8. The molecule has 12 aromatic carbocycles. The van der Waals surface area contributed by atoms with Gasteiger partial charge >= 0.3 is 6.18 Å². The number of halogens is 3. The van der Waals surface area contributed by atoms with Crippen LogP contribution >= 0.6 is 0 Å². The number of aryl methyl sites for hydroxylation is 1. The van der Waals surface area contributed by atoms with Gasteiger partial charge in [-0.15, -0.1) is 0 Å². The van der Waals surface area contributed by atoms with E-state index in [2.05, 4.69) is 13.8 Å². The van der Waals surface area contributed by atoms with Crippen molar-refractivity contribution >= 4 is 0 Å². The maximum atomic E-state index is 12.4. The summed E-state index contributed by atoms with van der Waals surface area (Å²) >= 11 is 0. The fraction of sp³-hybridized carbons (Fsp3) is 0.234. The SMILES string of the molecule is CC.CC.CC.CC.CC(C)c1ccc(O)c(O)c1.CC(C)c1ccc(O)cc1.CC(C)c1ccc(O)cc1O.Cc1cc(C(C)C)cc(C(F)(F)F)c1.Oc1ccccc1-c1ccccc1O.Oc1ccccc1-c1ccccc1O.Oc1ccccc1-c1ccccc1O.Oc1ccccc1-c1ccccc1O. The van der Waals surface area contributed by atoms with Gasteiger partial charge in [0, 0.05) is 50.6 Å². The molecule has 0 aromatic heterocycles. The molecular formula is C94H113F3O13. The van der Waals surface area contributed by atoms with Crippen LogP contribution < -0.4 is 0 Å². The van der Waals surface area contributed by atoms with Crippen molar-refractivity contribution in [3.63, 3.8) is 0 Å². The summed E-state index contributed by atoms with van der Waals surface area (Å²) in [5, 5.41) is 122. The van der Waals surface area contributed by atoms with Gasteiger partial charge in [-0.2, -0.15) is 13.2 Å². The second-order valence-electron chi connectivity index (χ2n) is 24.5. The van der Waals surface area contributed by atoms with E-state index >= 15 is 0 Å². The first-order valence-corrected chi connectivity index (χ1v) is 36.6. The topological polar surface area (TPSA) is 263 Å². The van der Waals surface area contributed by atoms with Crippen molar-refractivity contribution in [2.45, 2.75) is 148 Å². The lowest BCUT2D eigenvalue weighted by Gasteiger charge is -2.12. The summed E-state index contributed by atoms with van der Waals surface area (Å²) in [6.07, 6.45) is -4.24. The number of benzene rings is 12. The van der Waals surface area contributed by atoms with Crippen LogP contribution in [0.15, 0.2) is 273 Å². The molecule has 16 heteroatoms. The molecule has 0 radical (unpaired) electrons. The van der Waals surface area contributed by atoms with Crippen molar-refractivity contribution in [1.82, 2.24) is 0 Å². The molecule has 13 nitrogen and oxygen atoms in total. The van der Waals surface area contributed by atoms with E-state index < -0.39 is 11.7 Å². The molecule has 12 aromatic rings. The summed E-state index contributed by atoms with van der Waals surface area (Å²) < 4.78 is 37.2. The Balaban J connectivity index is 0.000000622. The van der Waals surface area contributed by atoms with Crippen molar-refractivity contribution < 1.29 is 79.6 Å². The van der Waals surface area contributed by atoms with Gasteiger partial charge in [0.05, 0.1) is 5.56 Å². The van der Waals surface area contributed by atoms with E-state index in [1.54, 1.807) is 195 Å². The number of hydrogen-bond donors (Lipinski definition) is 13. The Morgan fingerprint density at radius 2 is 0.473 bits per heavy atom. The molecule has 0 spiro atoms. The predicted molar refractivity (Wildman–Crippen MR) is 446 cm³/mol. The monoisotopic (exact) mass is 1510 g/mol. The molecule has 0 bridgehead atoms. The van der Waals surface area contributed by atoms with Gasteiger partial charge in [0.1, 0.15) is 63.2 Å². The summed E-state index contributed by atoms with van der Waals surface area (Å²) in [6, 6.07) is 76.6. The summed E-state index contributed by atoms with van der Waals surface area (Å²) in [4.78, 5) is 0. The molecule has 0 atom stereocenters. The second-order valence-corrected chi connectivity index (χ2v) is 24.5. The number of para-hydroxylation sites is 8. The smallest absolute Gasteiger partial charge is 0.416 e. The van der Waals surface area contributed by atoms with Gasteiger partial charge in [0.25, 0.3) is 0 Å². The van der Waals surface area contributed by atoms with Gasteiger partial charge in [-0.05, 0) is 144 Å². The van der Waals surface area contributed by atoms with E-state index in [-0.39, 0.29) is 80.8 Å². The highest BCUT2D eigenvalue weighted by molar-refractivity contribution is 5.77. The van der Waals surface area contributed by atoms with E-state index in [1.165, 1.54) is 29.8 Å². The van der Waals surface area contributed by atoms with Crippen LogP contribution in [0.4, 0.5) is 13.2 Å². The molecule has 13 N–H and O–H groups in total. The molecule has 0 heterocycles. The van der Waals surface area contributed by atoms with Crippen LogP contribution in [0.3, 0.4) is 0 Å². The number of aromatic hydroxyl groups is 13. The van der Waals surface area contributed by atoms with Gasteiger partial charge in [-0.25, -0.2) is 0 Å². The number of rotatable bonds is 8. The largest absolute Gasteiger partial charge is 0.508 e. The zero-order chi connectivity index (χ0) is 83.2. The molecule has 0 aliphatic heterocycles. The maximum absolute atomic E-state index is 12.4. The number of phenolic OH excluding ortho intramolecular Hbond substituents is 13. The standard InChI is InChI=1S/4C12H10O2.C11H13F3.2C9H12O2.C9H12O.4C2H6/c4*13-11-7-3-1-5-9(11)10-6-2-4-8-12(10)14;1-7(2)9-4-8(3)5-10(6-9)11(12,13)14;1-6(2)8-4-3-7(10)5-9(8)11;1-6(2)7-3-4-8(10)9(11)5-7;1-7(2)8-3-5-9(10)6-4-8;4*1-2/h4*1-8,13-14H;4-7H,1-3H3;2*3-6,10-11H,1-2H3;3-7,10H,1-2H3;4*1-2H3. The Morgan fingerprint density at radius 1 is 0.218 bits per heavy atom. The Bertz CT molecular complexity index is 4030. The highest BCUT2D eigenvalue weighted by atomic mass is 19.4. The molecule has 0 amide bonds. The van der Waals surface area contributed by atoms with Crippen LogP contribution in [0.5, 0.6) is 74.7 Å². The van der Waals surface area contributed by atoms with E-state index in [1.807, 2.05) is 158 Å². The molecule has 0 aliphatic carbocycles. The van der Waals surface area contributed by atoms with Crippen molar-refractivity contribution in [3.05, 3.63) is 306 Å². The molecule has 0 unspecified atom stereocenters. The minimum atomic E-state index is -4.24. The third-order valence-corrected chi connectivity index (χ3v) is 15.3. The van der Waals surface area contributed by atoms with E-state index in [0.717, 1.165) is 16.7 Å². The Morgan fingerprint density at radius 3 is 0.700 bits per heavy atom. The Labute approximate surface area is 649 Å². The lowest BCUT2D eigenvalue weighted by Crippen LogP contribution is -2.06. The molecular weight excluding hydrogens is 1390 g/mol. The van der Waals surface area contributed by atoms with Crippen LogP contribution in [0, 0.1) is 6.92 Å².